The molecular formula is C13H18ClNO3. The van der Waals surface area contributed by atoms with Crippen LogP contribution >= 0.6 is 11.6 Å². The first-order valence-electron chi connectivity index (χ1n) is 5.87. The van der Waals surface area contributed by atoms with Crippen LogP contribution in [0.25, 0.3) is 0 Å². The Labute approximate surface area is 112 Å². The van der Waals surface area contributed by atoms with Crippen molar-refractivity contribution < 1.29 is 15.0 Å². The molecule has 0 aromatic heterocycles. The second-order valence-corrected chi connectivity index (χ2v) is 4.63. The Balaban J connectivity index is 2.34. The molecule has 3 N–H and O–H groups in total. The van der Waals surface area contributed by atoms with Gasteiger partial charge < -0.3 is 15.5 Å². The SMILES string of the molecule is Cc1cc(C(O)CNCCCC(=O)O)ccc1Cl. The summed E-state index contributed by atoms with van der Waals surface area (Å²) < 4.78 is 0. The summed E-state index contributed by atoms with van der Waals surface area (Å²) in [4.78, 5) is 10.3. The molecule has 4 nitrogen and oxygen atoms in total. The highest BCUT2D eigenvalue weighted by atomic mass is 35.5. The molecule has 0 radical (unpaired) electrons. The third-order valence-corrected chi connectivity index (χ3v) is 3.07. The molecule has 0 aliphatic heterocycles. The lowest BCUT2D eigenvalue weighted by Gasteiger charge is -2.13. The van der Waals surface area contributed by atoms with Gasteiger partial charge in [-0.15, -0.1) is 0 Å². The molecule has 0 aliphatic carbocycles. The van der Waals surface area contributed by atoms with Gasteiger partial charge in [-0.05, 0) is 37.1 Å². The zero-order chi connectivity index (χ0) is 13.5. The van der Waals surface area contributed by atoms with E-state index in [2.05, 4.69) is 5.32 Å². The predicted octanol–water partition coefficient (Wildman–Crippen LogP) is 2.14. The molecule has 100 valence electrons. The fourth-order valence-electron chi connectivity index (χ4n) is 1.60. The van der Waals surface area contributed by atoms with Crippen LogP contribution in [0.2, 0.25) is 5.02 Å². The van der Waals surface area contributed by atoms with Crippen molar-refractivity contribution in [2.24, 2.45) is 0 Å². The zero-order valence-corrected chi connectivity index (χ0v) is 11.1. The Bertz CT molecular complexity index is 409. The van der Waals surface area contributed by atoms with Gasteiger partial charge in [0.05, 0.1) is 6.10 Å². The van der Waals surface area contributed by atoms with Crippen molar-refractivity contribution in [1.82, 2.24) is 5.32 Å². The second kappa shape index (κ2) is 7.36. The lowest BCUT2D eigenvalue weighted by atomic mass is 10.1. The second-order valence-electron chi connectivity index (χ2n) is 4.23. The van der Waals surface area contributed by atoms with Gasteiger partial charge in [0.2, 0.25) is 0 Å². The van der Waals surface area contributed by atoms with E-state index in [9.17, 15) is 9.90 Å². The first-order valence-corrected chi connectivity index (χ1v) is 6.25. The molecule has 0 spiro atoms. The molecule has 5 heteroatoms. The largest absolute Gasteiger partial charge is 0.481 e. The number of hydrogen-bond acceptors (Lipinski definition) is 3. The van der Waals surface area contributed by atoms with Crippen LogP contribution in [0.4, 0.5) is 0 Å². The summed E-state index contributed by atoms with van der Waals surface area (Å²) in [6.45, 7) is 2.87. The molecule has 0 saturated carbocycles. The Morgan fingerprint density at radius 3 is 2.83 bits per heavy atom. The van der Waals surface area contributed by atoms with E-state index in [1.54, 1.807) is 12.1 Å². The maximum Gasteiger partial charge on any atom is 0.303 e. The molecule has 1 atom stereocenters. The average molecular weight is 272 g/mol. The molecule has 0 bridgehead atoms. The minimum atomic E-state index is -0.800. The summed E-state index contributed by atoms with van der Waals surface area (Å²) in [5.74, 6) is -0.800. The topological polar surface area (TPSA) is 69.6 Å². The van der Waals surface area contributed by atoms with Crippen molar-refractivity contribution in [2.75, 3.05) is 13.1 Å². The van der Waals surface area contributed by atoms with E-state index in [0.29, 0.717) is 24.5 Å². The van der Waals surface area contributed by atoms with Crippen molar-refractivity contribution in [3.63, 3.8) is 0 Å². The van der Waals surface area contributed by atoms with E-state index in [1.807, 2.05) is 13.0 Å². The van der Waals surface area contributed by atoms with Crippen molar-refractivity contribution in [3.05, 3.63) is 34.3 Å². The van der Waals surface area contributed by atoms with Crippen LogP contribution in [-0.2, 0) is 4.79 Å². The summed E-state index contributed by atoms with van der Waals surface area (Å²) in [6.07, 6.45) is 0.0935. The highest BCUT2D eigenvalue weighted by Crippen LogP contribution is 2.20. The summed E-state index contributed by atoms with van der Waals surface area (Å²) in [6, 6.07) is 5.41. The summed E-state index contributed by atoms with van der Waals surface area (Å²) >= 11 is 5.91. The Hall–Kier alpha value is -1.10. The third-order valence-electron chi connectivity index (χ3n) is 2.65. The molecule has 1 rings (SSSR count). The third kappa shape index (κ3) is 5.04. The number of benzene rings is 1. The van der Waals surface area contributed by atoms with Crippen molar-refractivity contribution in [1.29, 1.82) is 0 Å². The molecule has 0 heterocycles. The minimum absolute atomic E-state index is 0.142. The van der Waals surface area contributed by atoms with Gasteiger partial charge in [-0.1, -0.05) is 23.7 Å². The van der Waals surface area contributed by atoms with Crippen LogP contribution in [-0.4, -0.2) is 29.3 Å². The Morgan fingerprint density at radius 1 is 1.50 bits per heavy atom. The fraction of sp³-hybridized carbons (Fsp3) is 0.462. The van der Waals surface area contributed by atoms with E-state index in [4.69, 9.17) is 16.7 Å². The molecule has 1 aromatic carbocycles. The average Bonchev–Trinajstić information content (AvgIpc) is 2.31. The number of carboxylic acid groups (broad SMARTS) is 1. The van der Waals surface area contributed by atoms with Gasteiger partial charge in [-0.2, -0.15) is 0 Å². The van der Waals surface area contributed by atoms with Gasteiger partial charge in [0, 0.05) is 18.0 Å². The van der Waals surface area contributed by atoms with Crippen LogP contribution in [0.3, 0.4) is 0 Å². The van der Waals surface area contributed by atoms with Gasteiger partial charge in [-0.3, -0.25) is 4.79 Å². The zero-order valence-electron chi connectivity index (χ0n) is 10.3. The van der Waals surface area contributed by atoms with Gasteiger partial charge in [0.1, 0.15) is 0 Å². The number of halogens is 1. The van der Waals surface area contributed by atoms with Gasteiger partial charge in [0.25, 0.3) is 0 Å². The molecule has 0 aliphatic rings. The lowest BCUT2D eigenvalue weighted by molar-refractivity contribution is -0.137. The standard InChI is InChI=1S/C13H18ClNO3/c1-9-7-10(4-5-11(9)14)12(16)8-15-6-2-3-13(17)18/h4-5,7,12,15-16H,2-3,6,8H2,1H3,(H,17,18). The van der Waals surface area contributed by atoms with Crippen LogP contribution < -0.4 is 5.32 Å². The molecule has 18 heavy (non-hydrogen) atoms. The summed E-state index contributed by atoms with van der Waals surface area (Å²) in [7, 11) is 0. The van der Waals surface area contributed by atoms with Gasteiger partial charge in [-0.25, -0.2) is 0 Å². The van der Waals surface area contributed by atoms with Crippen LogP contribution in [0.15, 0.2) is 18.2 Å². The minimum Gasteiger partial charge on any atom is -0.481 e. The maximum atomic E-state index is 10.3. The smallest absolute Gasteiger partial charge is 0.303 e. The normalized spacial score (nSPS) is 12.4. The number of aliphatic carboxylic acids is 1. The van der Waals surface area contributed by atoms with Crippen molar-refractivity contribution in [2.45, 2.75) is 25.9 Å². The number of hydrogen-bond donors (Lipinski definition) is 3. The van der Waals surface area contributed by atoms with E-state index in [0.717, 1.165) is 11.1 Å². The molecule has 0 amide bonds. The van der Waals surface area contributed by atoms with E-state index in [-0.39, 0.29) is 6.42 Å². The first-order chi connectivity index (χ1) is 8.50. The van der Waals surface area contributed by atoms with Gasteiger partial charge in [0.15, 0.2) is 0 Å². The van der Waals surface area contributed by atoms with E-state index < -0.39 is 12.1 Å². The van der Waals surface area contributed by atoms with Crippen LogP contribution in [0.5, 0.6) is 0 Å². The highest BCUT2D eigenvalue weighted by molar-refractivity contribution is 6.31. The summed E-state index contributed by atoms with van der Waals surface area (Å²) in [5, 5.41) is 22.1. The quantitative estimate of drug-likeness (QED) is 0.665. The number of carbonyl (C=O) groups is 1. The molecule has 1 aromatic rings. The number of carboxylic acids is 1. The van der Waals surface area contributed by atoms with Crippen LogP contribution in [0.1, 0.15) is 30.1 Å². The molecular weight excluding hydrogens is 254 g/mol. The molecule has 0 fully saturated rings. The Kier molecular flexibility index (Phi) is 6.12. The highest BCUT2D eigenvalue weighted by Gasteiger charge is 2.08. The molecule has 1 unspecified atom stereocenters. The molecule has 0 saturated heterocycles. The van der Waals surface area contributed by atoms with Crippen molar-refractivity contribution >= 4 is 17.6 Å². The number of nitrogens with one attached hydrogen (secondary N) is 1. The monoisotopic (exact) mass is 271 g/mol. The van der Waals surface area contributed by atoms with Crippen molar-refractivity contribution in [3.8, 4) is 0 Å². The van der Waals surface area contributed by atoms with E-state index in [1.165, 1.54) is 0 Å². The summed E-state index contributed by atoms with van der Waals surface area (Å²) in [5.41, 5.74) is 1.74. The Morgan fingerprint density at radius 2 is 2.22 bits per heavy atom. The van der Waals surface area contributed by atoms with Gasteiger partial charge >= 0.3 is 5.97 Å². The fourth-order valence-corrected chi connectivity index (χ4v) is 1.71. The van der Waals surface area contributed by atoms with Crippen LogP contribution in [0, 0.1) is 6.92 Å². The predicted molar refractivity (Wildman–Crippen MR) is 70.9 cm³/mol. The first kappa shape index (κ1) is 15.0. The number of aliphatic hydroxyl groups excluding tert-OH is 1. The number of aryl methyl sites for hydroxylation is 1. The maximum absolute atomic E-state index is 10.3. The van der Waals surface area contributed by atoms with E-state index >= 15 is 0 Å². The lowest BCUT2D eigenvalue weighted by Crippen LogP contribution is -2.23. The number of rotatable bonds is 7. The number of aliphatic hydroxyl groups is 1.